The van der Waals surface area contributed by atoms with Crippen LogP contribution in [0.4, 0.5) is 0 Å². The number of benzene rings is 1. The van der Waals surface area contributed by atoms with Gasteiger partial charge in [-0.15, -0.1) is 0 Å². The molecule has 0 fully saturated rings. The lowest BCUT2D eigenvalue weighted by Gasteiger charge is -2.11. The van der Waals surface area contributed by atoms with Gasteiger partial charge in [0.25, 0.3) is 5.91 Å². The molecule has 1 aromatic carbocycles. The maximum absolute atomic E-state index is 12.0. The third kappa shape index (κ3) is 4.59. The minimum absolute atomic E-state index is 0.0205. The van der Waals surface area contributed by atoms with E-state index in [1.54, 1.807) is 0 Å². The van der Waals surface area contributed by atoms with Crippen molar-refractivity contribution in [2.24, 2.45) is 0 Å². The van der Waals surface area contributed by atoms with E-state index in [1.807, 2.05) is 6.92 Å². The van der Waals surface area contributed by atoms with Gasteiger partial charge in [0.05, 0.1) is 11.0 Å². The molecule has 1 rings (SSSR count). The molecule has 20 heavy (non-hydrogen) atoms. The van der Waals surface area contributed by atoms with E-state index >= 15 is 0 Å². The maximum atomic E-state index is 12.0. The van der Waals surface area contributed by atoms with Crippen molar-refractivity contribution in [3.63, 3.8) is 0 Å². The molecule has 0 bridgehead atoms. The van der Waals surface area contributed by atoms with Crippen molar-refractivity contribution >= 4 is 15.9 Å². The van der Waals surface area contributed by atoms with Gasteiger partial charge in [-0.2, -0.15) is 0 Å². The second kappa shape index (κ2) is 7.37. The van der Waals surface area contributed by atoms with E-state index in [1.165, 1.54) is 31.3 Å². The van der Waals surface area contributed by atoms with Crippen LogP contribution in [-0.2, 0) is 10.0 Å². The molecule has 0 aliphatic carbocycles. The molecule has 3 N–H and O–H groups in total. The number of hydrogen-bond donors (Lipinski definition) is 3. The second-order valence-electron chi connectivity index (χ2n) is 4.40. The van der Waals surface area contributed by atoms with E-state index in [9.17, 15) is 18.3 Å². The molecule has 0 aliphatic heterocycles. The van der Waals surface area contributed by atoms with Crippen molar-refractivity contribution in [2.45, 2.75) is 30.8 Å². The highest BCUT2D eigenvalue weighted by atomic mass is 32.2. The molecule has 1 aromatic rings. The molecule has 0 saturated heterocycles. The molecular weight excluding hydrogens is 280 g/mol. The first-order valence-electron chi connectivity index (χ1n) is 6.40. The Hall–Kier alpha value is -1.44. The summed E-state index contributed by atoms with van der Waals surface area (Å²) < 4.78 is 26.3. The van der Waals surface area contributed by atoms with Gasteiger partial charge >= 0.3 is 0 Å². The lowest BCUT2D eigenvalue weighted by Crippen LogP contribution is -2.32. The predicted molar refractivity (Wildman–Crippen MR) is 75.9 cm³/mol. The fraction of sp³-hybridized carbons (Fsp3) is 0.462. The minimum Gasteiger partial charge on any atom is -0.392 e. The molecule has 7 heteroatoms. The van der Waals surface area contributed by atoms with Crippen LogP contribution in [0.5, 0.6) is 0 Å². The summed E-state index contributed by atoms with van der Waals surface area (Å²) in [6, 6.07) is 5.60. The minimum atomic E-state index is -3.66. The van der Waals surface area contributed by atoms with Crippen LogP contribution in [0.25, 0.3) is 0 Å². The van der Waals surface area contributed by atoms with Gasteiger partial charge in [-0.25, -0.2) is 13.1 Å². The van der Waals surface area contributed by atoms with Gasteiger partial charge in [-0.1, -0.05) is 13.3 Å². The third-order valence-electron chi connectivity index (χ3n) is 2.78. The Kier molecular flexibility index (Phi) is 6.12. The van der Waals surface area contributed by atoms with Crippen molar-refractivity contribution in [1.29, 1.82) is 0 Å². The quantitative estimate of drug-likeness (QED) is 0.683. The molecule has 6 nitrogen and oxygen atoms in total. The van der Waals surface area contributed by atoms with Gasteiger partial charge in [-0.05, 0) is 30.7 Å². The van der Waals surface area contributed by atoms with Gasteiger partial charge in [0.15, 0.2) is 0 Å². The standard InChI is InChI=1S/C13H20N2O4S/c1-3-4-11(16)9-15-20(18,19)12-7-5-10(6-8-12)13(17)14-2/h5-8,11,15-16H,3-4,9H2,1-2H3,(H,14,17). The third-order valence-corrected chi connectivity index (χ3v) is 4.22. The van der Waals surface area contributed by atoms with Gasteiger partial charge in [0, 0.05) is 19.2 Å². The van der Waals surface area contributed by atoms with E-state index in [2.05, 4.69) is 10.0 Å². The number of nitrogens with one attached hydrogen (secondary N) is 2. The Balaban J connectivity index is 2.75. The number of carbonyl (C=O) groups excluding carboxylic acids is 1. The highest BCUT2D eigenvalue weighted by molar-refractivity contribution is 7.89. The highest BCUT2D eigenvalue weighted by Crippen LogP contribution is 2.10. The summed E-state index contributed by atoms with van der Waals surface area (Å²) in [6.07, 6.45) is 0.627. The van der Waals surface area contributed by atoms with Crippen molar-refractivity contribution in [3.05, 3.63) is 29.8 Å². The first kappa shape index (κ1) is 16.6. The number of aliphatic hydroxyl groups is 1. The van der Waals surface area contributed by atoms with Crippen molar-refractivity contribution < 1.29 is 18.3 Å². The number of aliphatic hydroxyl groups excluding tert-OH is 1. The molecule has 0 radical (unpaired) electrons. The molecule has 1 atom stereocenters. The van der Waals surface area contributed by atoms with Crippen LogP contribution < -0.4 is 10.0 Å². The topological polar surface area (TPSA) is 95.5 Å². The van der Waals surface area contributed by atoms with Crippen LogP contribution in [0, 0.1) is 0 Å². The Morgan fingerprint density at radius 2 is 1.90 bits per heavy atom. The molecule has 0 saturated carbocycles. The van der Waals surface area contributed by atoms with Crippen LogP contribution in [0.2, 0.25) is 0 Å². The number of carbonyl (C=O) groups is 1. The summed E-state index contributed by atoms with van der Waals surface area (Å²) >= 11 is 0. The van der Waals surface area contributed by atoms with Crippen LogP contribution in [0.3, 0.4) is 0 Å². The SMILES string of the molecule is CCCC(O)CNS(=O)(=O)c1ccc(C(=O)NC)cc1. The largest absolute Gasteiger partial charge is 0.392 e. The molecular formula is C13H20N2O4S. The number of amides is 1. The molecule has 1 unspecified atom stereocenters. The van der Waals surface area contributed by atoms with Crippen LogP contribution >= 0.6 is 0 Å². The van der Waals surface area contributed by atoms with Crippen molar-refractivity contribution in [1.82, 2.24) is 10.0 Å². The van der Waals surface area contributed by atoms with E-state index in [-0.39, 0.29) is 17.3 Å². The molecule has 1 amide bonds. The fourth-order valence-corrected chi connectivity index (χ4v) is 2.73. The van der Waals surface area contributed by atoms with Gasteiger partial charge < -0.3 is 10.4 Å². The summed E-state index contributed by atoms with van der Waals surface area (Å²) in [5.74, 6) is -0.278. The Labute approximate surface area is 119 Å². The summed E-state index contributed by atoms with van der Waals surface area (Å²) in [4.78, 5) is 11.4. The average molecular weight is 300 g/mol. The van der Waals surface area contributed by atoms with Crippen LogP contribution in [0.15, 0.2) is 29.2 Å². The van der Waals surface area contributed by atoms with Gasteiger partial charge in [-0.3, -0.25) is 4.79 Å². The zero-order valence-electron chi connectivity index (χ0n) is 11.6. The van der Waals surface area contributed by atoms with Crippen LogP contribution in [0.1, 0.15) is 30.1 Å². The zero-order valence-corrected chi connectivity index (χ0v) is 12.4. The lowest BCUT2D eigenvalue weighted by molar-refractivity contribution is 0.0963. The first-order valence-corrected chi connectivity index (χ1v) is 7.89. The summed E-state index contributed by atoms with van der Waals surface area (Å²) in [5.41, 5.74) is 0.387. The normalized spacial score (nSPS) is 12.9. The average Bonchev–Trinajstić information content (AvgIpc) is 2.45. The number of rotatable bonds is 7. The highest BCUT2D eigenvalue weighted by Gasteiger charge is 2.16. The Morgan fingerprint density at radius 1 is 1.30 bits per heavy atom. The number of sulfonamides is 1. The Morgan fingerprint density at radius 3 is 2.40 bits per heavy atom. The zero-order chi connectivity index (χ0) is 15.2. The Bertz CT molecular complexity index is 540. The van der Waals surface area contributed by atoms with Crippen molar-refractivity contribution in [3.8, 4) is 0 Å². The predicted octanol–water partition coefficient (Wildman–Crippen LogP) is 0.485. The fourth-order valence-electron chi connectivity index (χ4n) is 1.65. The van der Waals surface area contributed by atoms with E-state index in [4.69, 9.17) is 0 Å². The summed E-state index contributed by atoms with van der Waals surface area (Å²) in [5, 5.41) is 12.0. The summed E-state index contributed by atoms with van der Waals surface area (Å²) in [7, 11) is -2.16. The smallest absolute Gasteiger partial charge is 0.251 e. The molecule has 112 valence electrons. The molecule has 0 aromatic heterocycles. The maximum Gasteiger partial charge on any atom is 0.251 e. The van der Waals surface area contributed by atoms with Crippen LogP contribution in [-0.4, -0.2) is 39.1 Å². The van der Waals surface area contributed by atoms with E-state index in [0.717, 1.165) is 6.42 Å². The monoisotopic (exact) mass is 300 g/mol. The molecule has 0 heterocycles. The van der Waals surface area contributed by atoms with Crippen molar-refractivity contribution in [2.75, 3.05) is 13.6 Å². The van der Waals surface area contributed by atoms with Gasteiger partial charge in [0.2, 0.25) is 10.0 Å². The second-order valence-corrected chi connectivity index (χ2v) is 6.16. The lowest BCUT2D eigenvalue weighted by atomic mass is 10.2. The van der Waals surface area contributed by atoms with E-state index < -0.39 is 16.1 Å². The van der Waals surface area contributed by atoms with Gasteiger partial charge in [0.1, 0.15) is 0 Å². The number of hydrogen-bond acceptors (Lipinski definition) is 4. The molecule has 0 aliphatic rings. The molecule has 0 spiro atoms. The first-order chi connectivity index (χ1) is 9.40. The van der Waals surface area contributed by atoms with E-state index in [0.29, 0.717) is 12.0 Å². The summed E-state index contributed by atoms with van der Waals surface area (Å²) in [6.45, 7) is 1.89.